The van der Waals surface area contributed by atoms with E-state index in [0.29, 0.717) is 43.7 Å². The summed E-state index contributed by atoms with van der Waals surface area (Å²) in [6, 6.07) is 7.15. The molecule has 0 spiro atoms. The van der Waals surface area contributed by atoms with Crippen LogP contribution in [0.3, 0.4) is 0 Å². The predicted octanol–water partition coefficient (Wildman–Crippen LogP) is 0.687. The maximum Gasteiger partial charge on any atom is 0.245 e. The molecule has 9 heteroatoms. The van der Waals surface area contributed by atoms with E-state index in [1.54, 1.807) is 12.1 Å². The summed E-state index contributed by atoms with van der Waals surface area (Å²) in [6.45, 7) is 4.24. The largest absolute Gasteiger partial charge is 0.379 e. The number of anilines is 1. The van der Waals surface area contributed by atoms with Gasteiger partial charge in [-0.1, -0.05) is 0 Å². The van der Waals surface area contributed by atoms with Gasteiger partial charge in [-0.15, -0.1) is 0 Å². The third-order valence-electron chi connectivity index (χ3n) is 5.29. The highest BCUT2D eigenvalue weighted by atomic mass is 32.2. The van der Waals surface area contributed by atoms with Crippen molar-refractivity contribution in [3.8, 4) is 0 Å². The van der Waals surface area contributed by atoms with Gasteiger partial charge in [0.15, 0.2) is 0 Å². The second kappa shape index (κ2) is 9.69. The quantitative estimate of drug-likeness (QED) is 0.710. The first-order valence-corrected chi connectivity index (χ1v) is 11.1. The Morgan fingerprint density at radius 2 is 1.79 bits per heavy atom. The lowest BCUT2D eigenvalue weighted by Gasteiger charge is -2.34. The van der Waals surface area contributed by atoms with Crippen molar-refractivity contribution >= 4 is 21.6 Å². The molecule has 0 unspecified atom stereocenters. The number of methoxy groups -OCH3 is 1. The van der Waals surface area contributed by atoms with Crippen molar-refractivity contribution < 1.29 is 22.7 Å². The standard InChI is InChI=1S/C19H29N3O5S/c1-26-15-19(23)20-14-16-6-8-21(9-7-16)17-2-4-18(5-3-17)28(24,25)22-10-12-27-13-11-22/h2-5,16H,6-15H2,1H3,(H,20,23). The summed E-state index contributed by atoms with van der Waals surface area (Å²) in [5.74, 6) is 0.375. The molecule has 2 heterocycles. The molecule has 0 aliphatic carbocycles. The van der Waals surface area contributed by atoms with Gasteiger partial charge < -0.3 is 19.7 Å². The van der Waals surface area contributed by atoms with E-state index in [1.165, 1.54) is 11.4 Å². The van der Waals surface area contributed by atoms with E-state index in [0.717, 1.165) is 31.6 Å². The van der Waals surface area contributed by atoms with Crippen LogP contribution in [0.25, 0.3) is 0 Å². The van der Waals surface area contributed by atoms with Crippen LogP contribution in [0.15, 0.2) is 29.2 Å². The Hall–Kier alpha value is -1.68. The first kappa shape index (κ1) is 21.0. The van der Waals surface area contributed by atoms with Gasteiger partial charge >= 0.3 is 0 Å². The minimum absolute atomic E-state index is 0.0815. The first-order chi connectivity index (χ1) is 13.5. The maximum absolute atomic E-state index is 12.7. The minimum atomic E-state index is -3.45. The molecule has 0 atom stereocenters. The zero-order valence-electron chi connectivity index (χ0n) is 16.3. The van der Waals surface area contributed by atoms with E-state index < -0.39 is 10.0 Å². The SMILES string of the molecule is COCC(=O)NCC1CCN(c2ccc(S(=O)(=O)N3CCOCC3)cc2)CC1. The number of piperidine rings is 1. The van der Waals surface area contributed by atoms with Gasteiger partial charge in [-0.3, -0.25) is 4.79 Å². The summed E-state index contributed by atoms with van der Waals surface area (Å²) < 4.78 is 36.9. The van der Waals surface area contributed by atoms with Crippen molar-refractivity contribution in [2.45, 2.75) is 17.7 Å². The predicted molar refractivity (Wildman–Crippen MR) is 106 cm³/mol. The maximum atomic E-state index is 12.7. The number of benzene rings is 1. The van der Waals surface area contributed by atoms with Crippen LogP contribution in [0.2, 0.25) is 0 Å². The van der Waals surface area contributed by atoms with E-state index in [1.807, 2.05) is 12.1 Å². The summed E-state index contributed by atoms with van der Waals surface area (Å²) in [7, 11) is -1.94. The number of ether oxygens (including phenoxy) is 2. The summed E-state index contributed by atoms with van der Waals surface area (Å²) in [4.78, 5) is 14.1. The number of sulfonamides is 1. The topological polar surface area (TPSA) is 88.2 Å². The normalized spacial score (nSPS) is 19.5. The fourth-order valence-electron chi connectivity index (χ4n) is 3.60. The van der Waals surface area contributed by atoms with Gasteiger partial charge in [0.1, 0.15) is 6.61 Å². The number of carbonyl (C=O) groups is 1. The molecular weight excluding hydrogens is 382 g/mol. The van der Waals surface area contributed by atoms with Crippen molar-refractivity contribution in [1.29, 1.82) is 0 Å². The number of hydrogen-bond acceptors (Lipinski definition) is 6. The zero-order chi connectivity index (χ0) is 20.0. The van der Waals surface area contributed by atoms with Crippen LogP contribution < -0.4 is 10.2 Å². The molecule has 2 saturated heterocycles. The number of nitrogens with zero attached hydrogens (tertiary/aromatic N) is 2. The molecule has 0 aromatic heterocycles. The lowest BCUT2D eigenvalue weighted by atomic mass is 9.96. The smallest absolute Gasteiger partial charge is 0.245 e. The van der Waals surface area contributed by atoms with E-state index >= 15 is 0 Å². The van der Waals surface area contributed by atoms with Gasteiger partial charge in [0.25, 0.3) is 0 Å². The van der Waals surface area contributed by atoms with Gasteiger partial charge in [0, 0.05) is 45.5 Å². The van der Waals surface area contributed by atoms with Crippen LogP contribution >= 0.6 is 0 Å². The molecule has 0 saturated carbocycles. The van der Waals surface area contributed by atoms with E-state index in [4.69, 9.17) is 9.47 Å². The monoisotopic (exact) mass is 411 g/mol. The van der Waals surface area contributed by atoms with Gasteiger partial charge in [-0.2, -0.15) is 4.31 Å². The number of amides is 1. The Morgan fingerprint density at radius 3 is 2.39 bits per heavy atom. The van der Waals surface area contributed by atoms with Crippen molar-refractivity contribution in [2.24, 2.45) is 5.92 Å². The lowest BCUT2D eigenvalue weighted by Crippen LogP contribution is -2.40. The molecule has 0 bridgehead atoms. The number of nitrogens with one attached hydrogen (secondary N) is 1. The molecule has 28 heavy (non-hydrogen) atoms. The van der Waals surface area contributed by atoms with Crippen molar-refractivity contribution in [1.82, 2.24) is 9.62 Å². The Bertz CT molecular complexity index is 739. The molecule has 2 aliphatic heterocycles. The Labute approximate surface area is 166 Å². The highest BCUT2D eigenvalue weighted by molar-refractivity contribution is 7.89. The van der Waals surface area contributed by atoms with E-state index in [-0.39, 0.29) is 12.5 Å². The molecule has 8 nitrogen and oxygen atoms in total. The molecule has 1 amide bonds. The van der Waals surface area contributed by atoms with Gasteiger partial charge in [-0.05, 0) is 43.0 Å². The summed E-state index contributed by atoms with van der Waals surface area (Å²) in [5.41, 5.74) is 1.03. The number of rotatable bonds is 7. The van der Waals surface area contributed by atoms with Crippen LogP contribution in [-0.4, -0.2) is 78.3 Å². The molecular formula is C19H29N3O5S. The fourth-order valence-corrected chi connectivity index (χ4v) is 5.01. The van der Waals surface area contributed by atoms with Crippen LogP contribution in [-0.2, 0) is 24.3 Å². The highest BCUT2D eigenvalue weighted by Gasteiger charge is 2.26. The van der Waals surface area contributed by atoms with E-state index in [9.17, 15) is 13.2 Å². The van der Waals surface area contributed by atoms with Gasteiger partial charge in [0.2, 0.25) is 15.9 Å². The molecule has 1 aromatic rings. The minimum Gasteiger partial charge on any atom is -0.379 e. The number of morpholine rings is 1. The molecule has 2 aliphatic rings. The first-order valence-electron chi connectivity index (χ1n) is 9.69. The molecule has 0 radical (unpaired) electrons. The summed E-state index contributed by atoms with van der Waals surface area (Å²) >= 11 is 0. The van der Waals surface area contributed by atoms with Crippen LogP contribution in [0.5, 0.6) is 0 Å². The molecule has 1 aromatic carbocycles. The summed E-state index contributed by atoms with van der Waals surface area (Å²) in [5, 5.41) is 2.90. The number of carbonyl (C=O) groups excluding carboxylic acids is 1. The lowest BCUT2D eigenvalue weighted by molar-refractivity contribution is -0.124. The number of hydrogen-bond donors (Lipinski definition) is 1. The van der Waals surface area contributed by atoms with Crippen LogP contribution in [0.4, 0.5) is 5.69 Å². The molecule has 3 rings (SSSR count). The second-order valence-corrected chi connectivity index (χ2v) is 9.12. The third kappa shape index (κ3) is 5.22. The van der Waals surface area contributed by atoms with Gasteiger partial charge in [-0.25, -0.2) is 8.42 Å². The Kier molecular flexibility index (Phi) is 7.28. The van der Waals surface area contributed by atoms with Gasteiger partial charge in [0.05, 0.1) is 18.1 Å². The average molecular weight is 412 g/mol. The molecule has 156 valence electrons. The average Bonchev–Trinajstić information content (AvgIpc) is 2.74. The van der Waals surface area contributed by atoms with Crippen LogP contribution in [0.1, 0.15) is 12.8 Å². The Morgan fingerprint density at radius 1 is 1.14 bits per heavy atom. The third-order valence-corrected chi connectivity index (χ3v) is 7.20. The van der Waals surface area contributed by atoms with Crippen molar-refractivity contribution in [2.75, 3.05) is 64.6 Å². The zero-order valence-corrected chi connectivity index (χ0v) is 17.1. The van der Waals surface area contributed by atoms with Crippen molar-refractivity contribution in [3.05, 3.63) is 24.3 Å². The molecule has 2 fully saturated rings. The van der Waals surface area contributed by atoms with Crippen molar-refractivity contribution in [3.63, 3.8) is 0 Å². The molecule has 1 N–H and O–H groups in total. The highest BCUT2D eigenvalue weighted by Crippen LogP contribution is 2.25. The Balaban J connectivity index is 1.52. The fraction of sp³-hybridized carbons (Fsp3) is 0.632. The second-order valence-electron chi connectivity index (χ2n) is 7.18. The van der Waals surface area contributed by atoms with E-state index in [2.05, 4.69) is 10.2 Å². The van der Waals surface area contributed by atoms with Crippen LogP contribution in [0, 0.1) is 5.92 Å². The summed E-state index contributed by atoms with van der Waals surface area (Å²) in [6.07, 6.45) is 1.97.